The number of hydrogen-bond acceptors (Lipinski definition) is 4. The van der Waals surface area contributed by atoms with E-state index in [1.807, 2.05) is 67.7 Å². The minimum absolute atomic E-state index is 0.0216. The largest absolute Gasteiger partial charge is 0.465 e. The number of para-hydroxylation sites is 1. The van der Waals surface area contributed by atoms with Crippen molar-refractivity contribution in [2.45, 2.75) is 0 Å². The quantitative estimate of drug-likeness (QED) is 0.491. The summed E-state index contributed by atoms with van der Waals surface area (Å²) in [5.74, 6) is -0.631. The van der Waals surface area contributed by atoms with Gasteiger partial charge in [-0.05, 0) is 35.9 Å². The zero-order valence-corrected chi connectivity index (χ0v) is 12.5. The summed E-state index contributed by atoms with van der Waals surface area (Å²) in [7, 11) is 3.24. The molecule has 22 heavy (non-hydrogen) atoms. The second-order valence-electron chi connectivity index (χ2n) is 4.65. The molecule has 0 spiro atoms. The second-order valence-corrected chi connectivity index (χ2v) is 4.65. The molecule has 4 heteroatoms. The zero-order valence-electron chi connectivity index (χ0n) is 12.5. The molecular formula is C18H16N2O2. The summed E-state index contributed by atoms with van der Waals surface area (Å²) >= 11 is 0. The summed E-state index contributed by atoms with van der Waals surface area (Å²) in [4.78, 5) is 13.4. The molecule has 0 saturated heterocycles. The molecule has 0 saturated carbocycles. The molecule has 2 aromatic carbocycles. The van der Waals surface area contributed by atoms with Gasteiger partial charge in [-0.15, -0.1) is 0 Å². The van der Waals surface area contributed by atoms with Crippen LogP contribution in [0, 0.1) is 11.3 Å². The van der Waals surface area contributed by atoms with Crippen LogP contribution >= 0.6 is 0 Å². The lowest BCUT2D eigenvalue weighted by molar-refractivity contribution is -0.135. The Morgan fingerprint density at radius 2 is 1.68 bits per heavy atom. The summed E-state index contributed by atoms with van der Waals surface area (Å²) in [6, 6.07) is 19.4. The van der Waals surface area contributed by atoms with E-state index in [1.54, 1.807) is 0 Å². The predicted octanol–water partition coefficient (Wildman–Crippen LogP) is 3.53. The van der Waals surface area contributed by atoms with Crippen molar-refractivity contribution in [3.8, 4) is 6.07 Å². The van der Waals surface area contributed by atoms with Crippen molar-refractivity contribution in [1.82, 2.24) is 0 Å². The van der Waals surface area contributed by atoms with Gasteiger partial charge in [0.2, 0.25) is 0 Å². The smallest absolute Gasteiger partial charge is 0.348 e. The highest BCUT2D eigenvalue weighted by atomic mass is 16.5. The van der Waals surface area contributed by atoms with Gasteiger partial charge in [-0.2, -0.15) is 5.26 Å². The maximum absolute atomic E-state index is 11.4. The fourth-order valence-electron chi connectivity index (χ4n) is 2.01. The molecular weight excluding hydrogens is 276 g/mol. The Morgan fingerprint density at radius 3 is 2.23 bits per heavy atom. The highest BCUT2D eigenvalue weighted by Crippen LogP contribution is 2.23. The number of carbonyl (C=O) groups is 1. The molecule has 2 aromatic rings. The first-order valence-corrected chi connectivity index (χ1v) is 6.74. The number of esters is 1. The third kappa shape index (κ3) is 3.53. The van der Waals surface area contributed by atoms with Crippen molar-refractivity contribution in [1.29, 1.82) is 5.26 Å². The molecule has 0 unspecified atom stereocenters. The maximum atomic E-state index is 11.4. The summed E-state index contributed by atoms with van der Waals surface area (Å²) < 4.78 is 4.56. The average Bonchev–Trinajstić information content (AvgIpc) is 2.59. The monoisotopic (exact) mass is 292 g/mol. The normalized spacial score (nSPS) is 10.7. The van der Waals surface area contributed by atoms with Gasteiger partial charge < -0.3 is 9.64 Å². The highest BCUT2D eigenvalue weighted by molar-refractivity contribution is 5.97. The zero-order chi connectivity index (χ0) is 15.9. The van der Waals surface area contributed by atoms with Crippen LogP contribution in [0.15, 0.2) is 60.2 Å². The van der Waals surface area contributed by atoms with E-state index >= 15 is 0 Å². The third-order valence-electron chi connectivity index (χ3n) is 3.26. The summed E-state index contributed by atoms with van der Waals surface area (Å²) in [5.41, 5.74) is 2.84. The van der Waals surface area contributed by atoms with Crippen LogP contribution in [0.4, 0.5) is 11.4 Å². The molecule has 0 fully saturated rings. The van der Waals surface area contributed by atoms with Crippen molar-refractivity contribution >= 4 is 23.4 Å². The van der Waals surface area contributed by atoms with Crippen LogP contribution in [0.2, 0.25) is 0 Å². The fourth-order valence-corrected chi connectivity index (χ4v) is 2.01. The van der Waals surface area contributed by atoms with Gasteiger partial charge in [-0.25, -0.2) is 4.79 Å². The van der Waals surface area contributed by atoms with E-state index in [9.17, 15) is 4.79 Å². The van der Waals surface area contributed by atoms with E-state index in [4.69, 9.17) is 5.26 Å². The standard InChI is InChI=1S/C18H16N2O2/c1-20(16-6-4-3-5-7-16)17-10-8-14(9-11-17)12-15(13-19)18(21)22-2/h3-12H,1-2H3. The number of nitriles is 1. The van der Waals surface area contributed by atoms with E-state index in [0.29, 0.717) is 0 Å². The van der Waals surface area contributed by atoms with Gasteiger partial charge in [0.25, 0.3) is 0 Å². The number of nitrogens with zero attached hydrogens (tertiary/aromatic N) is 2. The van der Waals surface area contributed by atoms with Crippen molar-refractivity contribution < 1.29 is 9.53 Å². The molecule has 0 aliphatic rings. The first-order valence-electron chi connectivity index (χ1n) is 6.74. The number of rotatable bonds is 4. The highest BCUT2D eigenvalue weighted by Gasteiger charge is 2.08. The van der Waals surface area contributed by atoms with Gasteiger partial charge >= 0.3 is 5.97 Å². The lowest BCUT2D eigenvalue weighted by atomic mass is 10.1. The van der Waals surface area contributed by atoms with Gasteiger partial charge in [0.15, 0.2) is 0 Å². The van der Waals surface area contributed by atoms with Gasteiger partial charge in [0.1, 0.15) is 11.6 Å². The summed E-state index contributed by atoms with van der Waals surface area (Å²) in [6.07, 6.45) is 1.51. The molecule has 0 bridgehead atoms. The lowest BCUT2D eigenvalue weighted by Crippen LogP contribution is -2.08. The van der Waals surface area contributed by atoms with Gasteiger partial charge in [-0.3, -0.25) is 0 Å². The molecule has 0 N–H and O–H groups in total. The van der Waals surface area contributed by atoms with Crippen molar-refractivity contribution in [3.63, 3.8) is 0 Å². The fraction of sp³-hybridized carbons (Fsp3) is 0.111. The van der Waals surface area contributed by atoms with Crippen LogP contribution < -0.4 is 4.90 Å². The van der Waals surface area contributed by atoms with Gasteiger partial charge in [0, 0.05) is 18.4 Å². The van der Waals surface area contributed by atoms with Gasteiger partial charge in [0.05, 0.1) is 7.11 Å². The van der Waals surface area contributed by atoms with Crippen molar-refractivity contribution in [2.75, 3.05) is 19.1 Å². The van der Waals surface area contributed by atoms with E-state index in [-0.39, 0.29) is 5.57 Å². The predicted molar refractivity (Wildman–Crippen MR) is 86.6 cm³/mol. The minimum Gasteiger partial charge on any atom is -0.465 e. The van der Waals surface area contributed by atoms with Crippen LogP contribution in [0.1, 0.15) is 5.56 Å². The number of carbonyl (C=O) groups excluding carboxylic acids is 1. The Hall–Kier alpha value is -3.06. The molecule has 0 amide bonds. The molecule has 4 nitrogen and oxygen atoms in total. The van der Waals surface area contributed by atoms with Crippen LogP contribution in [-0.2, 0) is 9.53 Å². The van der Waals surface area contributed by atoms with Crippen molar-refractivity contribution in [2.24, 2.45) is 0 Å². The second kappa shape index (κ2) is 7.09. The van der Waals surface area contributed by atoms with Crippen LogP contribution in [0.25, 0.3) is 6.08 Å². The first-order chi connectivity index (χ1) is 10.7. The Labute approximate surface area is 129 Å². The first kappa shape index (κ1) is 15.3. The Morgan fingerprint density at radius 1 is 1.09 bits per heavy atom. The number of ether oxygens (including phenoxy) is 1. The number of methoxy groups -OCH3 is 1. The van der Waals surface area contributed by atoms with E-state index in [2.05, 4.69) is 9.64 Å². The van der Waals surface area contributed by atoms with Gasteiger partial charge in [-0.1, -0.05) is 30.3 Å². The molecule has 110 valence electrons. The molecule has 2 rings (SSSR count). The SMILES string of the molecule is COC(=O)C(C#N)=Cc1ccc(N(C)c2ccccc2)cc1. The Bertz CT molecular complexity index is 713. The van der Waals surface area contributed by atoms with Crippen molar-refractivity contribution in [3.05, 3.63) is 65.7 Å². The van der Waals surface area contributed by atoms with Crippen LogP contribution in [-0.4, -0.2) is 20.1 Å². The molecule has 0 atom stereocenters. The number of benzene rings is 2. The number of hydrogen-bond donors (Lipinski definition) is 0. The molecule has 0 aliphatic heterocycles. The Kier molecular flexibility index (Phi) is 4.94. The topological polar surface area (TPSA) is 53.3 Å². The van der Waals surface area contributed by atoms with E-state index in [0.717, 1.165) is 16.9 Å². The third-order valence-corrected chi connectivity index (χ3v) is 3.26. The lowest BCUT2D eigenvalue weighted by Gasteiger charge is -2.19. The van der Waals surface area contributed by atoms with Crippen LogP contribution in [0.5, 0.6) is 0 Å². The van der Waals surface area contributed by atoms with Crippen LogP contribution in [0.3, 0.4) is 0 Å². The molecule has 0 aliphatic carbocycles. The molecule has 0 heterocycles. The summed E-state index contributed by atoms with van der Waals surface area (Å²) in [6.45, 7) is 0. The Balaban J connectivity index is 2.22. The maximum Gasteiger partial charge on any atom is 0.348 e. The number of anilines is 2. The average molecular weight is 292 g/mol. The summed E-state index contributed by atoms with van der Waals surface area (Å²) in [5, 5.41) is 8.95. The molecule has 0 radical (unpaired) electrons. The van der Waals surface area contributed by atoms with E-state index in [1.165, 1.54) is 13.2 Å². The van der Waals surface area contributed by atoms with E-state index < -0.39 is 5.97 Å². The molecule has 0 aromatic heterocycles. The minimum atomic E-state index is -0.631.